The lowest BCUT2D eigenvalue weighted by atomic mass is 10.4. The Morgan fingerprint density at radius 1 is 1.55 bits per heavy atom. The van der Waals surface area contributed by atoms with Gasteiger partial charge in [0, 0.05) is 0 Å². The molecule has 0 aliphatic carbocycles. The van der Waals surface area contributed by atoms with Crippen LogP contribution >= 0.6 is 0 Å². The van der Waals surface area contributed by atoms with Crippen molar-refractivity contribution in [2.45, 2.75) is 27.2 Å². The second-order valence-electron chi connectivity index (χ2n) is 2.05. The lowest BCUT2D eigenvalue weighted by Crippen LogP contribution is -1.95. The van der Waals surface area contributed by atoms with Gasteiger partial charge in [0.25, 0.3) is 0 Å². The van der Waals surface area contributed by atoms with Crippen molar-refractivity contribution >= 4 is 5.97 Å². The Kier molecular flexibility index (Phi) is 10.4. The molecule has 3 nitrogen and oxygen atoms in total. The summed E-state index contributed by atoms with van der Waals surface area (Å²) in [5, 5.41) is 8.16. The first-order chi connectivity index (χ1) is 5.09. The van der Waals surface area contributed by atoms with Crippen LogP contribution in [0.2, 0.25) is 0 Å². The highest BCUT2D eigenvalue weighted by atomic mass is 16.5. The number of hydrogen-bond acceptors (Lipinski definition) is 2. The molecule has 0 aliphatic rings. The van der Waals surface area contributed by atoms with Crippen LogP contribution in [0.3, 0.4) is 0 Å². The zero-order valence-electron chi connectivity index (χ0n) is 7.55. The maximum Gasteiger partial charge on any atom is 0.334 e. The van der Waals surface area contributed by atoms with Gasteiger partial charge in [0.1, 0.15) is 0 Å². The molecule has 0 aromatic carbocycles. The predicted molar refractivity (Wildman–Crippen MR) is 44.4 cm³/mol. The van der Waals surface area contributed by atoms with E-state index in [0.29, 0.717) is 0 Å². The van der Waals surface area contributed by atoms with E-state index in [1.54, 1.807) is 0 Å². The molecule has 0 fully saturated rings. The first-order valence-electron chi connectivity index (χ1n) is 3.52. The molecule has 66 valence electrons. The first kappa shape index (κ1) is 12.7. The van der Waals surface area contributed by atoms with Crippen LogP contribution in [0.15, 0.2) is 11.8 Å². The maximum absolute atomic E-state index is 9.94. The van der Waals surface area contributed by atoms with Crippen molar-refractivity contribution in [2.24, 2.45) is 0 Å². The number of rotatable bonds is 2. The van der Waals surface area contributed by atoms with Crippen molar-refractivity contribution in [3.63, 3.8) is 0 Å². The number of carboxylic acid groups (broad SMARTS) is 1. The second kappa shape index (κ2) is 9.01. The number of aliphatic carboxylic acids is 1. The summed E-state index contributed by atoms with van der Waals surface area (Å²) in [6.45, 7) is 5.71. The Morgan fingerprint density at radius 3 is 2.00 bits per heavy atom. The van der Waals surface area contributed by atoms with E-state index in [4.69, 9.17) is 5.11 Å². The minimum atomic E-state index is -0.952. The summed E-state index contributed by atoms with van der Waals surface area (Å²) < 4.78 is 4.42. The van der Waals surface area contributed by atoms with Crippen LogP contribution in [0.5, 0.6) is 0 Å². The third-order valence-electron chi connectivity index (χ3n) is 0.632. The van der Waals surface area contributed by atoms with E-state index in [0.717, 1.165) is 0 Å². The summed E-state index contributed by atoms with van der Waals surface area (Å²) in [5.41, 5.74) is 0.201. The van der Waals surface area contributed by atoms with Crippen LogP contribution in [-0.2, 0) is 9.53 Å². The third-order valence-corrected chi connectivity index (χ3v) is 0.632. The largest absolute Gasteiger partial charge is 0.504 e. The van der Waals surface area contributed by atoms with E-state index in [2.05, 4.69) is 18.6 Å². The van der Waals surface area contributed by atoms with Crippen LogP contribution in [0.25, 0.3) is 0 Å². The van der Waals surface area contributed by atoms with Gasteiger partial charge in [-0.3, -0.25) is 0 Å². The molecule has 0 spiro atoms. The summed E-state index contributed by atoms with van der Waals surface area (Å²) in [4.78, 5) is 9.94. The van der Waals surface area contributed by atoms with Crippen molar-refractivity contribution in [1.82, 2.24) is 0 Å². The number of methoxy groups -OCH3 is 1. The van der Waals surface area contributed by atoms with Crippen molar-refractivity contribution in [3.8, 4) is 0 Å². The van der Waals surface area contributed by atoms with Crippen LogP contribution in [0.1, 0.15) is 27.2 Å². The number of ether oxygens (including phenoxy) is 1. The Bertz CT molecular complexity index is 127. The first-order valence-corrected chi connectivity index (χ1v) is 3.52. The third kappa shape index (κ3) is 12.3. The van der Waals surface area contributed by atoms with Crippen LogP contribution in [0.4, 0.5) is 0 Å². The molecule has 11 heavy (non-hydrogen) atoms. The van der Waals surface area contributed by atoms with Gasteiger partial charge in [-0.15, -0.1) is 0 Å². The van der Waals surface area contributed by atoms with Crippen molar-refractivity contribution in [3.05, 3.63) is 11.8 Å². The molecule has 0 aliphatic heterocycles. The highest BCUT2D eigenvalue weighted by Gasteiger charge is 1.96. The minimum absolute atomic E-state index is 0.201. The molecule has 0 bridgehead atoms. The normalized spacial score (nSPS) is 9.64. The van der Waals surface area contributed by atoms with Crippen LogP contribution < -0.4 is 0 Å². The monoisotopic (exact) mass is 160 g/mol. The average molecular weight is 160 g/mol. The second-order valence-corrected chi connectivity index (χ2v) is 2.05. The number of hydrogen-bond donors (Lipinski definition) is 1. The summed E-state index contributed by atoms with van der Waals surface area (Å²) in [7, 11) is 1.41. The van der Waals surface area contributed by atoms with Gasteiger partial charge in [0.05, 0.1) is 18.9 Å². The molecule has 0 radical (unpaired) electrons. The molecule has 0 amide bonds. The van der Waals surface area contributed by atoms with Crippen molar-refractivity contribution in [2.75, 3.05) is 7.11 Å². The summed E-state index contributed by atoms with van der Waals surface area (Å²) >= 11 is 0. The molecular formula is C8H16O3. The van der Waals surface area contributed by atoms with E-state index < -0.39 is 5.97 Å². The summed E-state index contributed by atoms with van der Waals surface area (Å²) in [6, 6.07) is 0. The fourth-order valence-electron chi connectivity index (χ4n) is 0.227. The molecule has 0 saturated heterocycles. The molecule has 0 heterocycles. The van der Waals surface area contributed by atoms with Gasteiger partial charge >= 0.3 is 5.97 Å². The lowest BCUT2D eigenvalue weighted by molar-refractivity contribution is -0.132. The van der Waals surface area contributed by atoms with Gasteiger partial charge in [0.2, 0.25) is 0 Å². The molecule has 0 rings (SSSR count). The van der Waals surface area contributed by atoms with Gasteiger partial charge in [-0.1, -0.05) is 20.3 Å². The standard InChI is InChI=1S/C5H8O3.C3H8/c1-4(3-8-2)5(6)7;1-3-2/h3H,1-2H3,(H,6,7);3H2,1-2H3. The van der Waals surface area contributed by atoms with Crippen molar-refractivity contribution in [1.29, 1.82) is 0 Å². The lowest BCUT2D eigenvalue weighted by Gasteiger charge is -1.89. The Balaban J connectivity index is 0. The van der Waals surface area contributed by atoms with Gasteiger partial charge in [-0.25, -0.2) is 4.79 Å². The Labute approximate surface area is 67.7 Å². The average Bonchev–Trinajstić information content (AvgIpc) is 1.90. The highest BCUT2D eigenvalue weighted by molar-refractivity contribution is 5.85. The Morgan fingerprint density at radius 2 is 1.91 bits per heavy atom. The van der Waals surface area contributed by atoms with Gasteiger partial charge in [-0.2, -0.15) is 0 Å². The number of carboxylic acids is 1. The highest BCUT2D eigenvalue weighted by Crippen LogP contribution is 1.89. The smallest absolute Gasteiger partial charge is 0.334 e. The topological polar surface area (TPSA) is 46.5 Å². The fraction of sp³-hybridized carbons (Fsp3) is 0.625. The summed E-state index contributed by atoms with van der Waals surface area (Å²) in [5.74, 6) is -0.952. The fourth-order valence-corrected chi connectivity index (χ4v) is 0.227. The van der Waals surface area contributed by atoms with Crippen LogP contribution in [0, 0.1) is 0 Å². The number of carbonyl (C=O) groups is 1. The Hall–Kier alpha value is -0.990. The molecule has 1 N–H and O–H groups in total. The SMILES string of the molecule is CCC.COC=C(C)C(=O)O. The zero-order valence-corrected chi connectivity index (χ0v) is 7.55. The maximum atomic E-state index is 9.94. The van der Waals surface area contributed by atoms with E-state index in [-0.39, 0.29) is 5.57 Å². The van der Waals surface area contributed by atoms with E-state index >= 15 is 0 Å². The van der Waals surface area contributed by atoms with Gasteiger partial charge in [-0.05, 0) is 6.92 Å². The minimum Gasteiger partial charge on any atom is -0.504 e. The van der Waals surface area contributed by atoms with Gasteiger partial charge in [0.15, 0.2) is 0 Å². The van der Waals surface area contributed by atoms with E-state index in [1.807, 2.05) is 0 Å². The molecule has 3 heteroatoms. The zero-order chi connectivity index (χ0) is 9.28. The van der Waals surface area contributed by atoms with Gasteiger partial charge < -0.3 is 9.84 Å². The molecule has 0 saturated carbocycles. The van der Waals surface area contributed by atoms with E-state index in [9.17, 15) is 4.79 Å². The van der Waals surface area contributed by atoms with Crippen LogP contribution in [-0.4, -0.2) is 18.2 Å². The molecule has 0 unspecified atom stereocenters. The van der Waals surface area contributed by atoms with E-state index in [1.165, 1.54) is 26.7 Å². The molecular weight excluding hydrogens is 144 g/mol. The molecule has 0 aromatic rings. The predicted octanol–water partition coefficient (Wildman–Crippen LogP) is 2.04. The quantitative estimate of drug-likeness (QED) is 0.496. The van der Waals surface area contributed by atoms with Crippen molar-refractivity contribution < 1.29 is 14.6 Å². The summed E-state index contributed by atoms with van der Waals surface area (Å²) in [6.07, 6.45) is 2.43. The molecule has 0 atom stereocenters. The molecule has 0 aromatic heterocycles.